The Morgan fingerprint density at radius 3 is 2.33 bits per heavy atom. The minimum Gasteiger partial charge on any atom is -0.320 e. The number of nitrogens with one attached hydrogen (secondary N) is 1. The highest BCUT2D eigenvalue weighted by Gasteiger charge is 1.90. The largest absolute Gasteiger partial charge is 0.320 e. The van der Waals surface area contributed by atoms with Crippen molar-refractivity contribution in [3.05, 3.63) is 0 Å². The predicted molar refractivity (Wildman–Crippen MR) is 46.8 cm³/mol. The molecular formula is C8H23N. The minimum atomic E-state index is 0. The van der Waals surface area contributed by atoms with Gasteiger partial charge in [0.25, 0.3) is 0 Å². The molecule has 1 heteroatoms. The fraction of sp³-hybridized carbons (Fsp3) is 1.00. The van der Waals surface area contributed by atoms with E-state index in [0.29, 0.717) is 0 Å². The molecule has 60 valence electrons. The summed E-state index contributed by atoms with van der Waals surface area (Å²) in [6.07, 6.45) is 2.66. The van der Waals surface area contributed by atoms with Gasteiger partial charge < -0.3 is 5.32 Å². The molecule has 0 aromatic rings. The molecule has 0 aliphatic carbocycles. The van der Waals surface area contributed by atoms with E-state index in [1.54, 1.807) is 0 Å². The van der Waals surface area contributed by atoms with Crippen molar-refractivity contribution in [3.8, 4) is 0 Å². The van der Waals surface area contributed by atoms with E-state index < -0.39 is 0 Å². The highest BCUT2D eigenvalue weighted by Crippen LogP contribution is 2.00. The Kier molecular flexibility index (Phi) is 10.4. The molecule has 0 aromatic heterocycles. The third-order valence-corrected chi connectivity index (χ3v) is 1.21. The van der Waals surface area contributed by atoms with E-state index in [1.165, 1.54) is 12.8 Å². The molecule has 0 amide bonds. The Bertz CT molecular complexity index is 46.5. The first-order chi connectivity index (χ1) is 3.77. The van der Waals surface area contributed by atoms with Gasteiger partial charge in [-0.2, -0.15) is 0 Å². The SMILES string of the molecule is C.CNCCCC(C)C.[HH]. The van der Waals surface area contributed by atoms with Crippen LogP contribution in [0, 0.1) is 5.92 Å². The Hall–Kier alpha value is -0.0400. The molecule has 0 unspecified atom stereocenters. The number of rotatable bonds is 4. The zero-order chi connectivity index (χ0) is 6.41. The lowest BCUT2D eigenvalue weighted by Crippen LogP contribution is -2.08. The number of hydrogen-bond donors (Lipinski definition) is 1. The Morgan fingerprint density at radius 2 is 2.00 bits per heavy atom. The van der Waals surface area contributed by atoms with Crippen LogP contribution in [0.2, 0.25) is 0 Å². The first-order valence-electron chi connectivity index (χ1n) is 3.42. The average molecular weight is 133 g/mol. The van der Waals surface area contributed by atoms with E-state index in [4.69, 9.17) is 0 Å². The van der Waals surface area contributed by atoms with Crippen LogP contribution < -0.4 is 5.32 Å². The maximum atomic E-state index is 3.12. The molecule has 9 heavy (non-hydrogen) atoms. The zero-order valence-electron chi connectivity index (χ0n) is 6.20. The van der Waals surface area contributed by atoms with Crippen LogP contribution in [0.1, 0.15) is 35.5 Å². The van der Waals surface area contributed by atoms with E-state index in [-0.39, 0.29) is 8.85 Å². The highest BCUT2D eigenvalue weighted by molar-refractivity contribution is 4.46. The number of hydrogen-bond acceptors (Lipinski definition) is 1. The van der Waals surface area contributed by atoms with Gasteiger partial charge in [0.05, 0.1) is 0 Å². The summed E-state index contributed by atoms with van der Waals surface area (Å²) in [6, 6.07) is 0. The van der Waals surface area contributed by atoms with E-state index in [2.05, 4.69) is 19.2 Å². The van der Waals surface area contributed by atoms with Crippen molar-refractivity contribution in [2.24, 2.45) is 5.92 Å². The molecule has 0 saturated carbocycles. The quantitative estimate of drug-likeness (QED) is 0.581. The molecule has 0 spiro atoms. The summed E-state index contributed by atoms with van der Waals surface area (Å²) in [6.45, 7) is 5.68. The predicted octanol–water partition coefficient (Wildman–Crippen LogP) is 2.52. The van der Waals surface area contributed by atoms with Crippen LogP contribution in [0.15, 0.2) is 0 Å². The molecule has 0 rings (SSSR count). The van der Waals surface area contributed by atoms with Gasteiger partial charge in [-0.25, -0.2) is 0 Å². The second-order valence-corrected chi connectivity index (χ2v) is 2.64. The van der Waals surface area contributed by atoms with Crippen molar-refractivity contribution in [1.82, 2.24) is 5.32 Å². The molecule has 0 atom stereocenters. The molecule has 0 fully saturated rings. The topological polar surface area (TPSA) is 12.0 Å². The summed E-state index contributed by atoms with van der Waals surface area (Å²) in [5.41, 5.74) is 0. The lowest BCUT2D eigenvalue weighted by molar-refractivity contribution is 0.543. The fourth-order valence-electron chi connectivity index (χ4n) is 0.687. The summed E-state index contributed by atoms with van der Waals surface area (Å²) in [7, 11) is 2.00. The van der Waals surface area contributed by atoms with Crippen LogP contribution >= 0.6 is 0 Å². The van der Waals surface area contributed by atoms with Gasteiger partial charge in [0.1, 0.15) is 0 Å². The molecule has 0 aliphatic rings. The van der Waals surface area contributed by atoms with Crippen LogP contribution in [0.5, 0.6) is 0 Å². The van der Waals surface area contributed by atoms with Crippen LogP contribution in [-0.4, -0.2) is 13.6 Å². The fourth-order valence-corrected chi connectivity index (χ4v) is 0.687. The van der Waals surface area contributed by atoms with Crippen molar-refractivity contribution >= 4 is 0 Å². The molecule has 0 aromatic carbocycles. The first-order valence-corrected chi connectivity index (χ1v) is 3.42. The summed E-state index contributed by atoms with van der Waals surface area (Å²) in [4.78, 5) is 0. The second kappa shape index (κ2) is 7.96. The molecule has 0 bridgehead atoms. The monoisotopic (exact) mass is 133 g/mol. The van der Waals surface area contributed by atoms with Gasteiger partial charge in [0.15, 0.2) is 0 Å². The molecule has 0 radical (unpaired) electrons. The summed E-state index contributed by atoms with van der Waals surface area (Å²) in [5, 5.41) is 3.12. The van der Waals surface area contributed by atoms with Gasteiger partial charge in [-0.3, -0.25) is 0 Å². The van der Waals surface area contributed by atoms with E-state index in [9.17, 15) is 0 Å². The Labute approximate surface area is 61.3 Å². The third-order valence-electron chi connectivity index (χ3n) is 1.21. The van der Waals surface area contributed by atoms with Crippen molar-refractivity contribution in [3.63, 3.8) is 0 Å². The van der Waals surface area contributed by atoms with Crippen LogP contribution in [-0.2, 0) is 0 Å². The van der Waals surface area contributed by atoms with Crippen molar-refractivity contribution in [1.29, 1.82) is 0 Å². The molecule has 0 saturated heterocycles. The van der Waals surface area contributed by atoms with Crippen molar-refractivity contribution in [2.75, 3.05) is 13.6 Å². The highest BCUT2D eigenvalue weighted by atomic mass is 14.8. The maximum Gasteiger partial charge on any atom is 0 e. The normalized spacial score (nSPS) is 9.33. The maximum absolute atomic E-state index is 3.12. The Balaban J connectivity index is -0.000000245. The first kappa shape index (κ1) is 11.7. The average Bonchev–Trinajstić information content (AvgIpc) is 1.66. The van der Waals surface area contributed by atoms with Crippen LogP contribution in [0.3, 0.4) is 0 Å². The molecule has 1 N–H and O–H groups in total. The lowest BCUT2D eigenvalue weighted by atomic mass is 10.1. The van der Waals surface area contributed by atoms with Crippen LogP contribution in [0.4, 0.5) is 0 Å². The summed E-state index contributed by atoms with van der Waals surface area (Å²) >= 11 is 0. The van der Waals surface area contributed by atoms with Gasteiger partial charge in [-0.1, -0.05) is 21.3 Å². The molecule has 1 nitrogen and oxygen atoms in total. The van der Waals surface area contributed by atoms with E-state index >= 15 is 0 Å². The van der Waals surface area contributed by atoms with Gasteiger partial charge in [0, 0.05) is 1.43 Å². The van der Waals surface area contributed by atoms with E-state index in [1.807, 2.05) is 7.05 Å². The van der Waals surface area contributed by atoms with Crippen LogP contribution in [0.25, 0.3) is 0 Å². The van der Waals surface area contributed by atoms with E-state index in [0.717, 1.165) is 12.5 Å². The standard InChI is InChI=1S/C7H17N.CH4.H2/c1-7(2)5-4-6-8-3;;/h7-8H,4-6H2,1-3H3;1H4;1H. The van der Waals surface area contributed by atoms with Gasteiger partial charge in [-0.15, -0.1) is 0 Å². The minimum absolute atomic E-state index is 0. The molecule has 0 aliphatic heterocycles. The Morgan fingerprint density at radius 1 is 1.44 bits per heavy atom. The lowest BCUT2D eigenvalue weighted by Gasteiger charge is -2.01. The third kappa shape index (κ3) is 11.5. The van der Waals surface area contributed by atoms with Gasteiger partial charge >= 0.3 is 0 Å². The van der Waals surface area contributed by atoms with Gasteiger partial charge in [-0.05, 0) is 32.4 Å². The molecular weight excluding hydrogens is 110 g/mol. The smallest absolute Gasteiger partial charge is 0 e. The summed E-state index contributed by atoms with van der Waals surface area (Å²) < 4.78 is 0. The zero-order valence-corrected chi connectivity index (χ0v) is 6.20. The second-order valence-electron chi connectivity index (χ2n) is 2.64. The summed E-state index contributed by atoms with van der Waals surface area (Å²) in [5.74, 6) is 0.864. The van der Waals surface area contributed by atoms with Crippen molar-refractivity contribution in [2.45, 2.75) is 34.1 Å². The molecule has 0 heterocycles. The van der Waals surface area contributed by atoms with Crippen molar-refractivity contribution < 1.29 is 1.43 Å². The van der Waals surface area contributed by atoms with Gasteiger partial charge in [0.2, 0.25) is 0 Å².